The number of rotatable bonds is 9. The first-order valence-electron chi connectivity index (χ1n) is 10.4. The summed E-state index contributed by atoms with van der Waals surface area (Å²) in [5, 5.41) is 17.2. The predicted octanol–water partition coefficient (Wildman–Crippen LogP) is 4.83. The highest BCUT2D eigenvalue weighted by molar-refractivity contribution is 5.94. The summed E-state index contributed by atoms with van der Waals surface area (Å²) in [6, 6.07) is 12.3. The minimum Gasteiger partial charge on any atom is -0.489 e. The number of carbonyl (C=O) groups excluding carboxylic acids is 1. The summed E-state index contributed by atoms with van der Waals surface area (Å²) in [5.74, 6) is 0.154. The Morgan fingerprint density at radius 2 is 1.94 bits per heavy atom. The van der Waals surface area contributed by atoms with E-state index in [-0.39, 0.29) is 31.3 Å². The number of ether oxygens (including phenoxy) is 1. The molecular formula is C23H23F3N4O4. The fraction of sp³-hybridized carbons (Fsp3) is 0.304. The molecule has 0 unspecified atom stereocenters. The SMILES string of the molecule is Cc1cc(OCc2cccc(C(=O)NCCCn3nc(C(F)(F)F)cc3C)c2)ccc1[N+](=O)[O-]. The van der Waals surface area contributed by atoms with Gasteiger partial charge in [-0.15, -0.1) is 0 Å². The maximum Gasteiger partial charge on any atom is 0.435 e. The first-order chi connectivity index (χ1) is 16.0. The second-order valence-electron chi connectivity index (χ2n) is 7.70. The molecule has 2 aromatic carbocycles. The van der Waals surface area contributed by atoms with Gasteiger partial charge >= 0.3 is 6.18 Å². The van der Waals surface area contributed by atoms with Gasteiger partial charge in [0.15, 0.2) is 5.69 Å². The number of halogens is 3. The molecule has 0 radical (unpaired) electrons. The average Bonchev–Trinajstić information content (AvgIpc) is 3.16. The number of carbonyl (C=O) groups is 1. The van der Waals surface area contributed by atoms with Crippen molar-refractivity contribution in [3.63, 3.8) is 0 Å². The van der Waals surface area contributed by atoms with E-state index in [4.69, 9.17) is 4.74 Å². The molecule has 3 rings (SSSR count). The first kappa shape index (κ1) is 24.7. The van der Waals surface area contributed by atoms with Crippen LogP contribution >= 0.6 is 0 Å². The second-order valence-corrected chi connectivity index (χ2v) is 7.70. The number of hydrogen-bond acceptors (Lipinski definition) is 5. The minimum absolute atomic E-state index is 0.00882. The van der Waals surface area contributed by atoms with E-state index in [1.165, 1.54) is 16.8 Å². The van der Waals surface area contributed by atoms with E-state index in [2.05, 4.69) is 10.4 Å². The molecule has 1 aromatic heterocycles. The largest absolute Gasteiger partial charge is 0.489 e. The second kappa shape index (κ2) is 10.4. The van der Waals surface area contributed by atoms with Gasteiger partial charge in [-0.05, 0) is 56.2 Å². The van der Waals surface area contributed by atoms with E-state index in [1.54, 1.807) is 44.2 Å². The van der Waals surface area contributed by atoms with Gasteiger partial charge in [0.25, 0.3) is 11.6 Å². The van der Waals surface area contributed by atoms with Gasteiger partial charge in [-0.3, -0.25) is 19.6 Å². The van der Waals surface area contributed by atoms with Gasteiger partial charge in [-0.25, -0.2) is 0 Å². The number of nitrogens with zero attached hydrogens (tertiary/aromatic N) is 3. The Balaban J connectivity index is 1.50. The van der Waals surface area contributed by atoms with Crippen LogP contribution in [-0.4, -0.2) is 27.2 Å². The van der Waals surface area contributed by atoms with Crippen LogP contribution in [-0.2, 0) is 19.3 Å². The molecule has 0 aliphatic carbocycles. The lowest BCUT2D eigenvalue weighted by atomic mass is 10.1. The Hall–Kier alpha value is -3.89. The van der Waals surface area contributed by atoms with E-state index >= 15 is 0 Å². The lowest BCUT2D eigenvalue weighted by Crippen LogP contribution is -2.25. The number of nitro groups is 1. The summed E-state index contributed by atoms with van der Waals surface area (Å²) in [4.78, 5) is 22.9. The fourth-order valence-corrected chi connectivity index (χ4v) is 3.30. The summed E-state index contributed by atoms with van der Waals surface area (Å²) in [7, 11) is 0. The van der Waals surface area contributed by atoms with Crippen molar-refractivity contribution in [1.29, 1.82) is 0 Å². The van der Waals surface area contributed by atoms with E-state index in [1.807, 2.05) is 0 Å². The molecule has 1 N–H and O–H groups in total. The smallest absolute Gasteiger partial charge is 0.435 e. The molecule has 0 aliphatic rings. The zero-order valence-corrected chi connectivity index (χ0v) is 18.6. The van der Waals surface area contributed by atoms with Gasteiger partial charge in [0.1, 0.15) is 12.4 Å². The quantitative estimate of drug-likeness (QED) is 0.271. The number of aromatic nitrogens is 2. The summed E-state index contributed by atoms with van der Waals surface area (Å²) in [5.41, 5.74) is 1.10. The number of hydrogen-bond donors (Lipinski definition) is 1. The molecule has 8 nitrogen and oxygen atoms in total. The van der Waals surface area contributed by atoms with Crippen LogP contribution in [0.2, 0.25) is 0 Å². The van der Waals surface area contributed by atoms with Gasteiger partial charge in [0, 0.05) is 36.0 Å². The van der Waals surface area contributed by atoms with Crippen LogP contribution in [0, 0.1) is 24.0 Å². The average molecular weight is 476 g/mol. The number of nitrogens with one attached hydrogen (secondary N) is 1. The standard InChI is InChI=1S/C23H23F3N4O4/c1-15-11-19(7-8-20(15)30(32)33)34-14-17-5-3-6-18(13-17)22(31)27-9-4-10-29-16(2)12-21(28-29)23(24,25)26/h3,5-8,11-13H,4,9-10,14H2,1-2H3,(H,27,31). The van der Waals surface area contributed by atoms with Crippen LogP contribution in [0.1, 0.15) is 39.3 Å². The topological polar surface area (TPSA) is 99.3 Å². The van der Waals surface area contributed by atoms with Crippen molar-refractivity contribution < 1.29 is 27.6 Å². The van der Waals surface area contributed by atoms with Gasteiger partial charge in [-0.1, -0.05) is 12.1 Å². The summed E-state index contributed by atoms with van der Waals surface area (Å²) >= 11 is 0. The third-order valence-electron chi connectivity index (χ3n) is 5.06. The molecule has 34 heavy (non-hydrogen) atoms. The van der Waals surface area contributed by atoms with Crippen molar-refractivity contribution in [2.24, 2.45) is 0 Å². The zero-order chi connectivity index (χ0) is 24.9. The van der Waals surface area contributed by atoms with Crippen molar-refractivity contribution >= 4 is 11.6 Å². The van der Waals surface area contributed by atoms with Crippen molar-refractivity contribution in [2.45, 2.75) is 39.6 Å². The first-order valence-corrected chi connectivity index (χ1v) is 10.4. The molecule has 180 valence electrons. The molecule has 0 spiro atoms. The van der Waals surface area contributed by atoms with Crippen molar-refractivity contribution in [1.82, 2.24) is 15.1 Å². The Kier molecular flexibility index (Phi) is 7.54. The summed E-state index contributed by atoms with van der Waals surface area (Å²) in [6.07, 6.45) is -4.08. The number of alkyl halides is 3. The maximum absolute atomic E-state index is 12.7. The monoisotopic (exact) mass is 476 g/mol. The Labute approximate surface area is 193 Å². The summed E-state index contributed by atoms with van der Waals surface area (Å²) in [6.45, 7) is 3.84. The number of nitro benzene ring substituents is 1. The van der Waals surface area contributed by atoms with Crippen molar-refractivity contribution in [3.8, 4) is 5.75 Å². The molecular weight excluding hydrogens is 453 g/mol. The van der Waals surface area contributed by atoms with E-state index in [0.717, 1.165) is 11.6 Å². The van der Waals surface area contributed by atoms with Crippen LogP contribution in [0.5, 0.6) is 5.75 Å². The lowest BCUT2D eigenvalue weighted by Gasteiger charge is -2.10. The van der Waals surface area contributed by atoms with Crippen LogP contribution < -0.4 is 10.1 Å². The Bertz CT molecular complexity index is 1190. The van der Waals surface area contributed by atoms with Crippen molar-refractivity contribution in [3.05, 3.63) is 86.7 Å². The fourth-order valence-electron chi connectivity index (χ4n) is 3.30. The Morgan fingerprint density at radius 3 is 2.59 bits per heavy atom. The molecule has 0 atom stereocenters. The zero-order valence-electron chi connectivity index (χ0n) is 18.6. The Morgan fingerprint density at radius 1 is 1.18 bits per heavy atom. The van der Waals surface area contributed by atoms with E-state index < -0.39 is 16.8 Å². The van der Waals surface area contributed by atoms with Gasteiger partial charge in [-0.2, -0.15) is 18.3 Å². The molecule has 3 aromatic rings. The van der Waals surface area contributed by atoms with Gasteiger partial charge in [0.2, 0.25) is 0 Å². The normalized spacial score (nSPS) is 11.3. The highest BCUT2D eigenvalue weighted by Gasteiger charge is 2.34. The predicted molar refractivity (Wildman–Crippen MR) is 118 cm³/mol. The lowest BCUT2D eigenvalue weighted by molar-refractivity contribution is -0.385. The highest BCUT2D eigenvalue weighted by Crippen LogP contribution is 2.28. The van der Waals surface area contributed by atoms with E-state index in [9.17, 15) is 28.1 Å². The maximum atomic E-state index is 12.7. The molecule has 0 saturated heterocycles. The van der Waals surface area contributed by atoms with Gasteiger partial charge in [0.05, 0.1) is 4.92 Å². The molecule has 0 aliphatic heterocycles. The van der Waals surface area contributed by atoms with Gasteiger partial charge < -0.3 is 10.1 Å². The number of amides is 1. The number of benzene rings is 2. The highest BCUT2D eigenvalue weighted by atomic mass is 19.4. The van der Waals surface area contributed by atoms with Crippen LogP contribution in [0.3, 0.4) is 0 Å². The van der Waals surface area contributed by atoms with E-state index in [0.29, 0.717) is 29.0 Å². The molecule has 1 heterocycles. The molecule has 0 fully saturated rings. The molecule has 0 bridgehead atoms. The summed E-state index contributed by atoms with van der Waals surface area (Å²) < 4.78 is 45.2. The van der Waals surface area contributed by atoms with Crippen LogP contribution in [0.4, 0.5) is 18.9 Å². The minimum atomic E-state index is -4.49. The molecule has 1 amide bonds. The van der Waals surface area contributed by atoms with Crippen LogP contribution in [0.25, 0.3) is 0 Å². The third kappa shape index (κ3) is 6.33. The van der Waals surface area contributed by atoms with Crippen molar-refractivity contribution in [2.75, 3.05) is 6.54 Å². The molecule has 0 saturated carbocycles. The number of aryl methyl sites for hydroxylation is 3. The molecule has 11 heteroatoms. The van der Waals surface area contributed by atoms with Crippen LogP contribution in [0.15, 0.2) is 48.5 Å². The third-order valence-corrected chi connectivity index (χ3v) is 5.06.